The van der Waals surface area contributed by atoms with E-state index in [0.29, 0.717) is 45.3 Å². The molecule has 186 valence electrons. The number of imidazole rings is 1. The highest BCUT2D eigenvalue weighted by atomic mass is 35.5. The summed E-state index contributed by atoms with van der Waals surface area (Å²) in [4.78, 5) is 25.2. The third-order valence-electron chi connectivity index (χ3n) is 6.77. The quantitative estimate of drug-likeness (QED) is 0.270. The van der Waals surface area contributed by atoms with Crippen LogP contribution in [0.15, 0.2) is 54.7 Å². The van der Waals surface area contributed by atoms with Crippen LogP contribution in [0.4, 0.5) is 5.82 Å². The normalized spacial score (nSPS) is 17.7. The van der Waals surface area contributed by atoms with Gasteiger partial charge in [0.1, 0.15) is 12.4 Å². The van der Waals surface area contributed by atoms with Crippen LogP contribution in [0.1, 0.15) is 53.3 Å². The second-order valence-corrected chi connectivity index (χ2v) is 9.98. The van der Waals surface area contributed by atoms with E-state index in [1.165, 1.54) is 6.20 Å². The van der Waals surface area contributed by atoms with Crippen LogP contribution >= 0.6 is 23.2 Å². The van der Waals surface area contributed by atoms with Gasteiger partial charge in [0, 0.05) is 34.3 Å². The van der Waals surface area contributed by atoms with Crippen LogP contribution in [-0.4, -0.2) is 27.4 Å². The highest BCUT2D eigenvalue weighted by Crippen LogP contribution is 2.35. The van der Waals surface area contributed by atoms with E-state index >= 15 is 0 Å². The number of nitrogens with zero attached hydrogens (tertiary/aromatic N) is 2. The predicted octanol–water partition coefficient (Wildman–Crippen LogP) is 6.13. The van der Waals surface area contributed by atoms with Gasteiger partial charge in [-0.05, 0) is 61.9 Å². The zero-order valence-electron chi connectivity index (χ0n) is 19.6. The number of aromatic nitrogens is 3. The van der Waals surface area contributed by atoms with E-state index in [0.717, 1.165) is 42.5 Å². The number of anilines is 1. The number of carbonyl (C=O) groups is 1. The summed E-state index contributed by atoms with van der Waals surface area (Å²) < 4.78 is 5.80. The Labute approximate surface area is 219 Å². The fourth-order valence-electron chi connectivity index (χ4n) is 4.66. The molecule has 1 aliphatic rings. The number of hydrogen-bond acceptors (Lipinski definition) is 5. The van der Waals surface area contributed by atoms with E-state index in [9.17, 15) is 4.79 Å². The highest BCUT2D eigenvalue weighted by molar-refractivity contribution is 6.35. The summed E-state index contributed by atoms with van der Waals surface area (Å²) in [7, 11) is 0. The SMILES string of the molecule is Nc1ncc(C(=O)NC[C@H]2CC[C@H](c3nc4ccccc4[nH]3)CC2)cc1OCc1c(Cl)cccc1Cl. The van der Waals surface area contributed by atoms with Gasteiger partial charge in [-0.3, -0.25) is 4.79 Å². The monoisotopic (exact) mass is 523 g/mol. The van der Waals surface area contributed by atoms with E-state index in [-0.39, 0.29) is 18.3 Å². The number of carbonyl (C=O) groups excluding carboxylic acids is 1. The molecule has 0 spiro atoms. The van der Waals surface area contributed by atoms with Crippen molar-refractivity contribution in [3.05, 3.63) is 81.7 Å². The Morgan fingerprint density at radius 1 is 1.08 bits per heavy atom. The summed E-state index contributed by atoms with van der Waals surface area (Å²) in [5.41, 5.74) is 9.09. The molecule has 4 aromatic rings. The number of para-hydroxylation sites is 2. The average molecular weight is 524 g/mol. The minimum atomic E-state index is -0.206. The fraction of sp³-hybridized carbons (Fsp3) is 0.296. The number of nitrogen functional groups attached to an aromatic ring is 1. The number of aromatic amines is 1. The molecule has 0 saturated heterocycles. The zero-order valence-corrected chi connectivity index (χ0v) is 21.1. The number of halogens is 2. The van der Waals surface area contributed by atoms with E-state index in [4.69, 9.17) is 38.7 Å². The van der Waals surface area contributed by atoms with Crippen LogP contribution < -0.4 is 15.8 Å². The summed E-state index contributed by atoms with van der Waals surface area (Å²) in [5.74, 6) is 2.22. The Kier molecular flexibility index (Phi) is 7.30. The van der Waals surface area contributed by atoms with E-state index in [1.54, 1.807) is 24.3 Å². The Morgan fingerprint density at radius 2 is 1.83 bits per heavy atom. The van der Waals surface area contributed by atoms with Crippen molar-refractivity contribution in [1.29, 1.82) is 0 Å². The van der Waals surface area contributed by atoms with Crippen LogP contribution in [0.5, 0.6) is 5.75 Å². The van der Waals surface area contributed by atoms with Gasteiger partial charge in [-0.2, -0.15) is 0 Å². The first-order valence-electron chi connectivity index (χ1n) is 12.0. The molecule has 5 rings (SSSR count). The maximum absolute atomic E-state index is 12.8. The number of nitrogens with one attached hydrogen (secondary N) is 2. The Balaban J connectivity index is 1.14. The molecule has 7 nitrogen and oxygen atoms in total. The van der Waals surface area contributed by atoms with Gasteiger partial charge in [-0.15, -0.1) is 0 Å². The van der Waals surface area contributed by atoms with Crippen molar-refractivity contribution in [3.63, 3.8) is 0 Å². The number of fused-ring (bicyclic) bond motifs is 1. The highest BCUT2D eigenvalue weighted by Gasteiger charge is 2.25. The van der Waals surface area contributed by atoms with Crippen molar-refractivity contribution < 1.29 is 9.53 Å². The molecular formula is C27H27Cl2N5O2. The zero-order chi connectivity index (χ0) is 25.1. The number of benzene rings is 2. The molecule has 2 aromatic carbocycles. The lowest BCUT2D eigenvalue weighted by Crippen LogP contribution is -2.31. The van der Waals surface area contributed by atoms with E-state index in [2.05, 4.69) is 21.4 Å². The molecule has 2 heterocycles. The van der Waals surface area contributed by atoms with Crippen LogP contribution in [0.2, 0.25) is 10.0 Å². The van der Waals surface area contributed by atoms with Crippen molar-refractivity contribution in [2.75, 3.05) is 12.3 Å². The molecule has 0 atom stereocenters. The molecule has 4 N–H and O–H groups in total. The third-order valence-corrected chi connectivity index (χ3v) is 7.48. The maximum Gasteiger partial charge on any atom is 0.252 e. The van der Waals surface area contributed by atoms with Crippen molar-refractivity contribution in [3.8, 4) is 5.75 Å². The van der Waals surface area contributed by atoms with Crippen LogP contribution in [0.3, 0.4) is 0 Å². The largest absolute Gasteiger partial charge is 0.485 e. The van der Waals surface area contributed by atoms with Gasteiger partial charge in [0.05, 0.1) is 16.6 Å². The van der Waals surface area contributed by atoms with Crippen molar-refractivity contribution in [1.82, 2.24) is 20.3 Å². The van der Waals surface area contributed by atoms with Gasteiger partial charge < -0.3 is 20.8 Å². The summed E-state index contributed by atoms with van der Waals surface area (Å²) in [6.45, 7) is 0.728. The lowest BCUT2D eigenvalue weighted by molar-refractivity contribution is 0.0942. The standard InChI is InChI=1S/C27H27Cl2N5O2/c28-20-4-3-5-21(29)19(20)15-36-24-12-18(14-31-25(24)30)27(35)32-13-16-8-10-17(11-9-16)26-33-22-6-1-2-7-23(22)34-26/h1-7,12,14,16-17H,8-11,13,15H2,(H2,30,31)(H,32,35)(H,33,34)/t16-,17-. The molecule has 1 amide bonds. The minimum Gasteiger partial charge on any atom is -0.485 e. The van der Waals surface area contributed by atoms with Crippen molar-refractivity contribution in [2.24, 2.45) is 5.92 Å². The summed E-state index contributed by atoms with van der Waals surface area (Å²) >= 11 is 12.4. The van der Waals surface area contributed by atoms with Crippen LogP contribution in [0, 0.1) is 5.92 Å². The molecular weight excluding hydrogens is 497 g/mol. The molecule has 0 radical (unpaired) electrons. The number of rotatable bonds is 7. The number of ether oxygens (including phenoxy) is 1. The molecule has 1 fully saturated rings. The van der Waals surface area contributed by atoms with E-state index in [1.807, 2.05) is 18.2 Å². The molecule has 36 heavy (non-hydrogen) atoms. The minimum absolute atomic E-state index is 0.115. The van der Waals surface area contributed by atoms with Gasteiger partial charge in [-0.25, -0.2) is 9.97 Å². The van der Waals surface area contributed by atoms with Crippen LogP contribution in [0.25, 0.3) is 11.0 Å². The number of amides is 1. The number of H-pyrrole nitrogens is 1. The van der Waals surface area contributed by atoms with Crippen LogP contribution in [-0.2, 0) is 6.61 Å². The molecule has 0 unspecified atom stereocenters. The number of pyridine rings is 1. The first kappa shape index (κ1) is 24.4. The first-order valence-corrected chi connectivity index (χ1v) is 12.8. The molecule has 1 aliphatic carbocycles. The van der Waals surface area contributed by atoms with Gasteiger partial charge in [0.15, 0.2) is 11.6 Å². The van der Waals surface area contributed by atoms with Gasteiger partial charge >= 0.3 is 0 Å². The molecule has 0 aliphatic heterocycles. The lowest BCUT2D eigenvalue weighted by Gasteiger charge is -2.27. The Bertz CT molecular complexity index is 1330. The summed E-state index contributed by atoms with van der Waals surface area (Å²) in [6.07, 6.45) is 5.63. The molecule has 9 heteroatoms. The second-order valence-electron chi connectivity index (χ2n) is 9.16. The maximum atomic E-state index is 12.8. The molecule has 0 bridgehead atoms. The number of hydrogen-bond donors (Lipinski definition) is 3. The summed E-state index contributed by atoms with van der Waals surface area (Å²) in [5, 5.41) is 4.04. The molecule has 1 saturated carbocycles. The smallest absolute Gasteiger partial charge is 0.252 e. The first-order chi connectivity index (χ1) is 17.5. The number of nitrogens with two attached hydrogens (primary N) is 1. The topological polar surface area (TPSA) is 106 Å². The molecule has 2 aromatic heterocycles. The lowest BCUT2D eigenvalue weighted by atomic mass is 9.81. The third kappa shape index (κ3) is 5.42. The van der Waals surface area contributed by atoms with Gasteiger partial charge in [0.25, 0.3) is 5.91 Å². The van der Waals surface area contributed by atoms with Gasteiger partial charge in [0.2, 0.25) is 0 Å². The summed E-state index contributed by atoms with van der Waals surface area (Å²) in [6, 6.07) is 15.0. The fourth-order valence-corrected chi connectivity index (χ4v) is 5.17. The van der Waals surface area contributed by atoms with Crippen molar-refractivity contribution >= 4 is 46.0 Å². The van der Waals surface area contributed by atoms with Crippen molar-refractivity contribution in [2.45, 2.75) is 38.2 Å². The average Bonchev–Trinajstić information content (AvgIpc) is 3.33. The Hall–Kier alpha value is -3.29. The second kappa shape index (κ2) is 10.8. The van der Waals surface area contributed by atoms with Gasteiger partial charge in [-0.1, -0.05) is 41.4 Å². The Morgan fingerprint density at radius 3 is 2.58 bits per heavy atom. The van der Waals surface area contributed by atoms with E-state index < -0.39 is 0 Å². The predicted molar refractivity (Wildman–Crippen MR) is 143 cm³/mol.